The number of hydrogen-bond donors (Lipinski definition) is 2. The van der Waals surface area contributed by atoms with Crippen molar-refractivity contribution in [2.24, 2.45) is 0 Å². The van der Waals surface area contributed by atoms with Crippen LogP contribution in [-0.4, -0.2) is 37.2 Å². The van der Waals surface area contributed by atoms with Crippen molar-refractivity contribution in [2.45, 2.75) is 38.2 Å². The number of hydrogen-bond acceptors (Lipinski definition) is 7. The third kappa shape index (κ3) is 3.39. The molecule has 0 saturated heterocycles. The van der Waals surface area contributed by atoms with E-state index in [2.05, 4.69) is 15.0 Å². The van der Waals surface area contributed by atoms with Crippen LogP contribution in [0.2, 0.25) is 0 Å². The zero-order valence-electron chi connectivity index (χ0n) is 12.5. The Kier molecular flexibility index (Phi) is 4.36. The van der Waals surface area contributed by atoms with E-state index in [1.165, 1.54) is 0 Å². The topological polar surface area (TPSA) is 105 Å². The van der Waals surface area contributed by atoms with Crippen LogP contribution in [0.15, 0.2) is 24.4 Å². The summed E-state index contributed by atoms with van der Waals surface area (Å²) in [7, 11) is 0. The van der Waals surface area contributed by atoms with Crippen LogP contribution in [0.4, 0.5) is 0 Å². The fourth-order valence-electron chi connectivity index (χ4n) is 2.59. The maximum absolute atomic E-state index is 12.3. The second-order valence-electron chi connectivity index (χ2n) is 5.45. The van der Waals surface area contributed by atoms with Crippen molar-refractivity contribution in [1.29, 1.82) is 0 Å². The predicted molar refractivity (Wildman–Crippen MR) is 80.9 cm³/mol. The summed E-state index contributed by atoms with van der Waals surface area (Å²) < 4.78 is 5.38. The molecule has 0 unspecified atom stereocenters. The number of pyridine rings is 1. The predicted octanol–water partition coefficient (Wildman–Crippen LogP) is 2.44. The summed E-state index contributed by atoms with van der Waals surface area (Å²) in [6.45, 7) is 0. The molecule has 7 nitrogen and oxygen atoms in total. The van der Waals surface area contributed by atoms with Crippen molar-refractivity contribution in [3.05, 3.63) is 30.1 Å². The minimum Gasteiger partial charge on any atom is -0.501 e. The molecule has 0 radical (unpaired) electrons. The van der Waals surface area contributed by atoms with Gasteiger partial charge < -0.3 is 14.9 Å². The third-order valence-electron chi connectivity index (χ3n) is 3.78. The van der Waals surface area contributed by atoms with Gasteiger partial charge in [-0.3, -0.25) is 4.98 Å². The first-order valence-corrected chi connectivity index (χ1v) is 7.57. The molecule has 1 aliphatic rings. The minimum absolute atomic E-state index is 0.0523. The van der Waals surface area contributed by atoms with E-state index in [0.717, 1.165) is 32.1 Å². The number of rotatable bonds is 3. The van der Waals surface area contributed by atoms with Crippen molar-refractivity contribution in [3.63, 3.8) is 0 Å². The molecule has 120 valence electrons. The summed E-state index contributed by atoms with van der Waals surface area (Å²) in [5.74, 6) is -2.05. The van der Waals surface area contributed by atoms with Gasteiger partial charge in [-0.1, -0.05) is 12.5 Å². The summed E-state index contributed by atoms with van der Waals surface area (Å²) in [6, 6.07) is 5.10. The van der Waals surface area contributed by atoms with Gasteiger partial charge in [-0.15, -0.1) is 0 Å². The quantitative estimate of drug-likeness (QED) is 0.838. The van der Waals surface area contributed by atoms with Gasteiger partial charge in [-0.25, -0.2) is 9.78 Å². The average molecular weight is 315 g/mol. The van der Waals surface area contributed by atoms with Gasteiger partial charge in [-0.05, 0) is 37.8 Å². The molecule has 0 aromatic carbocycles. The molecule has 3 rings (SSSR count). The molecule has 2 aromatic heterocycles. The number of nitrogens with zero attached hydrogens (tertiary/aromatic N) is 3. The van der Waals surface area contributed by atoms with E-state index in [4.69, 9.17) is 4.74 Å². The van der Waals surface area contributed by atoms with E-state index in [0.29, 0.717) is 5.69 Å². The molecule has 1 fully saturated rings. The number of carbonyl (C=O) groups is 1. The Balaban J connectivity index is 1.88. The van der Waals surface area contributed by atoms with Gasteiger partial charge in [0.1, 0.15) is 11.8 Å². The molecule has 0 amide bonds. The van der Waals surface area contributed by atoms with E-state index in [1.54, 1.807) is 24.4 Å². The van der Waals surface area contributed by atoms with E-state index in [1.807, 2.05) is 0 Å². The Bertz CT molecular complexity index is 700. The molecule has 0 atom stereocenters. The average Bonchev–Trinajstić information content (AvgIpc) is 2.58. The van der Waals surface area contributed by atoms with Crippen LogP contribution in [-0.2, 0) is 4.74 Å². The highest BCUT2D eigenvalue weighted by atomic mass is 16.5. The summed E-state index contributed by atoms with van der Waals surface area (Å²) in [5, 5.41) is 19.6. The van der Waals surface area contributed by atoms with E-state index in [-0.39, 0.29) is 17.6 Å². The van der Waals surface area contributed by atoms with E-state index in [9.17, 15) is 15.0 Å². The van der Waals surface area contributed by atoms with Crippen molar-refractivity contribution in [2.75, 3.05) is 0 Å². The SMILES string of the molecule is O=C(OC1CCCCC1)c1nc(-c2ccccn2)nc(O)c1O. The molecule has 7 heteroatoms. The molecule has 0 bridgehead atoms. The second-order valence-corrected chi connectivity index (χ2v) is 5.45. The highest BCUT2D eigenvalue weighted by molar-refractivity contribution is 5.91. The number of aromatic hydroxyl groups is 2. The lowest BCUT2D eigenvalue weighted by Crippen LogP contribution is -2.22. The zero-order valence-corrected chi connectivity index (χ0v) is 12.5. The lowest BCUT2D eigenvalue weighted by atomic mass is 9.98. The van der Waals surface area contributed by atoms with Crippen LogP contribution in [0.25, 0.3) is 11.5 Å². The van der Waals surface area contributed by atoms with Crippen LogP contribution in [0.5, 0.6) is 11.6 Å². The summed E-state index contributed by atoms with van der Waals surface area (Å²) in [4.78, 5) is 24.1. The van der Waals surface area contributed by atoms with Crippen molar-refractivity contribution in [1.82, 2.24) is 15.0 Å². The van der Waals surface area contributed by atoms with Crippen molar-refractivity contribution < 1.29 is 19.7 Å². The monoisotopic (exact) mass is 315 g/mol. The maximum Gasteiger partial charge on any atom is 0.361 e. The third-order valence-corrected chi connectivity index (χ3v) is 3.78. The summed E-state index contributed by atoms with van der Waals surface area (Å²) in [5.41, 5.74) is 0.0400. The Labute approximate surface area is 133 Å². The van der Waals surface area contributed by atoms with Gasteiger partial charge in [0.25, 0.3) is 5.88 Å². The first-order valence-electron chi connectivity index (χ1n) is 7.57. The lowest BCUT2D eigenvalue weighted by Gasteiger charge is -2.21. The van der Waals surface area contributed by atoms with Gasteiger partial charge in [0.2, 0.25) is 5.75 Å². The normalized spacial score (nSPS) is 15.3. The van der Waals surface area contributed by atoms with Crippen LogP contribution in [0, 0.1) is 0 Å². The first kappa shape index (κ1) is 15.2. The molecule has 2 aromatic rings. The molecule has 0 spiro atoms. The molecular formula is C16H17N3O4. The molecule has 0 aliphatic heterocycles. The van der Waals surface area contributed by atoms with E-state index >= 15 is 0 Å². The van der Waals surface area contributed by atoms with Crippen molar-refractivity contribution in [3.8, 4) is 23.1 Å². The molecule has 2 N–H and O–H groups in total. The smallest absolute Gasteiger partial charge is 0.361 e. The van der Waals surface area contributed by atoms with Gasteiger partial charge in [0.05, 0.1) is 0 Å². The second kappa shape index (κ2) is 6.60. The summed E-state index contributed by atoms with van der Waals surface area (Å²) in [6.07, 6.45) is 6.13. The van der Waals surface area contributed by atoms with Crippen LogP contribution < -0.4 is 0 Å². The number of aromatic nitrogens is 3. The standard InChI is InChI=1S/C16H17N3O4/c20-13-12(16(22)23-10-6-2-1-3-7-10)18-14(19-15(13)21)11-8-4-5-9-17-11/h4-5,8-10,20H,1-3,6-7H2,(H,18,19,21). The number of carbonyl (C=O) groups excluding carboxylic acids is 1. The molecule has 23 heavy (non-hydrogen) atoms. The van der Waals surface area contributed by atoms with Crippen LogP contribution >= 0.6 is 0 Å². The molecule has 1 saturated carbocycles. The minimum atomic E-state index is -0.760. The number of esters is 1. The van der Waals surface area contributed by atoms with Gasteiger partial charge in [0.15, 0.2) is 11.5 Å². The molecule has 2 heterocycles. The summed E-state index contributed by atoms with van der Waals surface area (Å²) >= 11 is 0. The highest BCUT2D eigenvalue weighted by Gasteiger charge is 2.25. The highest BCUT2D eigenvalue weighted by Crippen LogP contribution is 2.30. The van der Waals surface area contributed by atoms with Crippen LogP contribution in [0.1, 0.15) is 42.6 Å². The number of ether oxygens (including phenoxy) is 1. The Morgan fingerprint density at radius 3 is 2.61 bits per heavy atom. The zero-order chi connectivity index (χ0) is 16.2. The molecular weight excluding hydrogens is 298 g/mol. The van der Waals surface area contributed by atoms with Crippen molar-refractivity contribution >= 4 is 5.97 Å². The maximum atomic E-state index is 12.3. The Hall–Kier alpha value is -2.70. The first-order chi connectivity index (χ1) is 11.1. The van der Waals surface area contributed by atoms with Gasteiger partial charge in [0, 0.05) is 6.20 Å². The Morgan fingerprint density at radius 2 is 1.91 bits per heavy atom. The van der Waals surface area contributed by atoms with Gasteiger partial charge in [-0.2, -0.15) is 4.98 Å². The lowest BCUT2D eigenvalue weighted by molar-refractivity contribution is 0.0200. The largest absolute Gasteiger partial charge is 0.501 e. The fraction of sp³-hybridized carbons (Fsp3) is 0.375. The fourth-order valence-corrected chi connectivity index (χ4v) is 2.59. The van der Waals surface area contributed by atoms with E-state index < -0.39 is 17.6 Å². The molecule has 1 aliphatic carbocycles. The van der Waals surface area contributed by atoms with Gasteiger partial charge >= 0.3 is 5.97 Å². The Morgan fingerprint density at radius 1 is 1.13 bits per heavy atom. The van der Waals surface area contributed by atoms with Crippen LogP contribution in [0.3, 0.4) is 0 Å².